The van der Waals surface area contributed by atoms with Crippen molar-refractivity contribution in [3.05, 3.63) is 41.0 Å². The summed E-state index contributed by atoms with van der Waals surface area (Å²) in [7, 11) is 0. The summed E-state index contributed by atoms with van der Waals surface area (Å²) in [6, 6.07) is 6.70. The topological polar surface area (TPSA) is 66.5 Å². The van der Waals surface area contributed by atoms with Crippen molar-refractivity contribution in [3.63, 3.8) is 0 Å². The first-order valence-electron chi connectivity index (χ1n) is 9.43. The van der Waals surface area contributed by atoms with E-state index in [1.54, 1.807) is 0 Å². The third kappa shape index (κ3) is 5.17. The molecule has 3 nitrogen and oxygen atoms in total. The third-order valence-corrected chi connectivity index (χ3v) is 5.13. The monoisotopic (exact) mass is 331 g/mol. The Morgan fingerprint density at radius 2 is 1.75 bits per heavy atom. The number of aliphatic hydroxyl groups excluding tert-OH is 2. The molecule has 0 radical (unpaired) electrons. The number of aliphatic hydroxyl groups is 2. The summed E-state index contributed by atoms with van der Waals surface area (Å²) in [4.78, 5) is 0. The first-order chi connectivity index (χ1) is 11.6. The number of hydrogen-bond acceptors (Lipinski definition) is 3. The van der Waals surface area contributed by atoms with E-state index in [0.29, 0.717) is 6.42 Å². The van der Waals surface area contributed by atoms with Crippen LogP contribution in [0.15, 0.2) is 24.3 Å². The Hall–Kier alpha value is -1.16. The van der Waals surface area contributed by atoms with E-state index in [9.17, 15) is 10.2 Å². The Kier molecular flexibility index (Phi) is 7.47. The van der Waals surface area contributed by atoms with Gasteiger partial charge in [0.1, 0.15) is 0 Å². The van der Waals surface area contributed by atoms with Crippen molar-refractivity contribution in [3.8, 4) is 0 Å². The molecule has 1 aromatic rings. The van der Waals surface area contributed by atoms with Crippen molar-refractivity contribution in [2.45, 2.75) is 69.7 Å². The fourth-order valence-electron chi connectivity index (χ4n) is 3.49. The second-order valence-electron chi connectivity index (χ2n) is 7.33. The Morgan fingerprint density at radius 1 is 1.04 bits per heavy atom. The Bertz CT molecular complexity index is 535. The molecule has 1 atom stereocenters. The molecule has 0 amide bonds. The molecule has 0 aliphatic heterocycles. The van der Waals surface area contributed by atoms with Gasteiger partial charge >= 0.3 is 0 Å². The molecule has 0 unspecified atom stereocenters. The van der Waals surface area contributed by atoms with Crippen LogP contribution in [0.4, 0.5) is 0 Å². The maximum Gasteiger partial charge on any atom is 0.0634 e. The molecule has 24 heavy (non-hydrogen) atoms. The van der Waals surface area contributed by atoms with Crippen molar-refractivity contribution >= 4 is 6.08 Å². The van der Waals surface area contributed by atoms with E-state index in [1.807, 2.05) is 0 Å². The highest BCUT2D eigenvalue weighted by atomic mass is 16.3. The van der Waals surface area contributed by atoms with Gasteiger partial charge in [0.2, 0.25) is 0 Å². The van der Waals surface area contributed by atoms with Crippen molar-refractivity contribution < 1.29 is 10.2 Å². The first-order valence-corrected chi connectivity index (χ1v) is 9.43. The fourth-order valence-corrected chi connectivity index (χ4v) is 3.49. The summed E-state index contributed by atoms with van der Waals surface area (Å²) >= 11 is 0. The van der Waals surface area contributed by atoms with Gasteiger partial charge in [0.25, 0.3) is 0 Å². The lowest BCUT2D eigenvalue weighted by Crippen LogP contribution is -2.48. The van der Waals surface area contributed by atoms with Gasteiger partial charge in [0, 0.05) is 5.92 Å². The predicted octanol–water partition coefficient (Wildman–Crippen LogP) is 3.77. The second-order valence-corrected chi connectivity index (χ2v) is 7.33. The number of hydrogen-bond donors (Lipinski definition) is 3. The van der Waals surface area contributed by atoms with Crippen molar-refractivity contribution in [1.29, 1.82) is 0 Å². The van der Waals surface area contributed by atoms with E-state index in [2.05, 4.69) is 37.3 Å². The molecule has 134 valence electrons. The smallest absolute Gasteiger partial charge is 0.0634 e. The summed E-state index contributed by atoms with van der Waals surface area (Å²) in [5, 5.41) is 18.8. The van der Waals surface area contributed by atoms with Crippen LogP contribution in [0.3, 0.4) is 0 Å². The van der Waals surface area contributed by atoms with Crippen LogP contribution in [0.1, 0.15) is 74.5 Å². The minimum absolute atomic E-state index is 0.187. The lowest BCUT2D eigenvalue weighted by atomic mass is 9.86. The molecule has 1 aliphatic carbocycles. The molecule has 0 saturated carbocycles. The number of rotatable bonds is 11. The molecule has 0 fully saturated rings. The molecule has 1 aliphatic rings. The zero-order valence-corrected chi connectivity index (χ0v) is 15.0. The Balaban J connectivity index is 1.88. The van der Waals surface area contributed by atoms with Crippen molar-refractivity contribution in [2.24, 2.45) is 5.73 Å². The summed E-state index contributed by atoms with van der Waals surface area (Å²) in [5.74, 6) is 0.187. The van der Waals surface area contributed by atoms with Crippen LogP contribution in [0.25, 0.3) is 6.08 Å². The molecular weight excluding hydrogens is 298 g/mol. The van der Waals surface area contributed by atoms with Gasteiger partial charge in [-0.25, -0.2) is 0 Å². The minimum atomic E-state index is -0.909. The first kappa shape index (κ1) is 19.2. The average Bonchev–Trinajstić information content (AvgIpc) is 3.00. The van der Waals surface area contributed by atoms with Gasteiger partial charge in [-0.2, -0.15) is 0 Å². The molecule has 1 aromatic carbocycles. The Morgan fingerprint density at radius 3 is 2.46 bits per heavy atom. The predicted molar refractivity (Wildman–Crippen MR) is 101 cm³/mol. The maximum atomic E-state index is 9.40. The lowest BCUT2D eigenvalue weighted by molar-refractivity contribution is 0.112. The quantitative estimate of drug-likeness (QED) is 0.541. The van der Waals surface area contributed by atoms with Crippen molar-refractivity contribution in [1.82, 2.24) is 0 Å². The van der Waals surface area contributed by atoms with Gasteiger partial charge in [-0.1, -0.05) is 69.4 Å². The number of aryl methyl sites for hydroxylation is 1. The summed E-state index contributed by atoms with van der Waals surface area (Å²) in [5.41, 5.74) is 9.06. The number of nitrogens with two attached hydrogens (primary N) is 1. The number of allylic oxidation sites excluding steroid dienone is 1. The van der Waals surface area contributed by atoms with E-state index in [4.69, 9.17) is 5.73 Å². The zero-order chi connectivity index (χ0) is 17.4. The van der Waals surface area contributed by atoms with Gasteiger partial charge in [0.15, 0.2) is 0 Å². The molecule has 0 bridgehead atoms. The molecule has 3 heteroatoms. The highest BCUT2D eigenvalue weighted by Gasteiger charge is 2.29. The Labute approximate surface area is 146 Å². The lowest BCUT2D eigenvalue weighted by Gasteiger charge is -2.27. The van der Waals surface area contributed by atoms with Gasteiger partial charge < -0.3 is 15.9 Å². The molecule has 0 aromatic heterocycles. The summed E-state index contributed by atoms with van der Waals surface area (Å²) in [6.07, 6.45) is 14.0. The molecule has 0 spiro atoms. The second kappa shape index (κ2) is 9.36. The fraction of sp³-hybridized carbons (Fsp3) is 0.619. The average molecular weight is 332 g/mol. The maximum absolute atomic E-state index is 9.40. The van der Waals surface area contributed by atoms with Crippen LogP contribution < -0.4 is 5.73 Å². The van der Waals surface area contributed by atoms with Crippen LogP contribution in [0, 0.1) is 0 Å². The van der Waals surface area contributed by atoms with Crippen LogP contribution in [0.5, 0.6) is 0 Å². The van der Waals surface area contributed by atoms with E-state index in [-0.39, 0.29) is 19.1 Å². The molecule has 0 saturated heterocycles. The largest absolute Gasteiger partial charge is 0.394 e. The molecular formula is C21H33NO2. The van der Waals surface area contributed by atoms with Gasteiger partial charge in [0.05, 0.1) is 18.8 Å². The molecule has 0 heterocycles. The normalized spacial score (nSPS) is 16.6. The van der Waals surface area contributed by atoms with Crippen LogP contribution in [0.2, 0.25) is 0 Å². The van der Waals surface area contributed by atoms with Crippen molar-refractivity contribution in [2.75, 3.05) is 13.2 Å². The van der Waals surface area contributed by atoms with Crippen LogP contribution in [-0.4, -0.2) is 29.0 Å². The number of benzene rings is 1. The van der Waals surface area contributed by atoms with E-state index < -0.39 is 5.54 Å². The van der Waals surface area contributed by atoms with Gasteiger partial charge in [-0.05, 0) is 36.0 Å². The molecule has 4 N–H and O–H groups in total. The van der Waals surface area contributed by atoms with E-state index in [0.717, 1.165) is 6.42 Å². The summed E-state index contributed by atoms with van der Waals surface area (Å²) < 4.78 is 0. The standard InChI is InChI=1S/C21H33NO2/c1-2-3-4-5-6-7-8-17-9-12-20-18(13-17)10-11-19(20)14-21(22,15-23)16-24/h9-13,19,23-24H,2-8,14-16,22H2,1H3/t19-/m1/s1. The highest BCUT2D eigenvalue weighted by Crippen LogP contribution is 2.35. The van der Waals surface area contributed by atoms with E-state index >= 15 is 0 Å². The third-order valence-electron chi connectivity index (χ3n) is 5.13. The highest BCUT2D eigenvalue weighted by molar-refractivity contribution is 5.63. The zero-order valence-electron chi connectivity index (χ0n) is 15.0. The minimum Gasteiger partial charge on any atom is -0.394 e. The number of unbranched alkanes of at least 4 members (excludes halogenated alkanes) is 5. The van der Waals surface area contributed by atoms with Gasteiger partial charge in [-0.3, -0.25) is 0 Å². The van der Waals surface area contributed by atoms with Crippen LogP contribution >= 0.6 is 0 Å². The SMILES string of the molecule is CCCCCCCCc1ccc2c(c1)C=C[C@@H]2CC(N)(CO)CO. The van der Waals surface area contributed by atoms with E-state index in [1.165, 1.54) is 55.2 Å². The molecule has 2 rings (SSSR count). The number of fused-ring (bicyclic) bond motifs is 1. The summed E-state index contributed by atoms with van der Waals surface area (Å²) in [6.45, 7) is 1.86. The van der Waals surface area contributed by atoms with Crippen LogP contribution in [-0.2, 0) is 6.42 Å². The van der Waals surface area contributed by atoms with Gasteiger partial charge in [-0.15, -0.1) is 0 Å².